The summed E-state index contributed by atoms with van der Waals surface area (Å²) in [6, 6.07) is 2.60. The molecule has 10 heteroatoms. The number of alkyl halides is 3. The van der Waals surface area contributed by atoms with E-state index in [4.69, 9.17) is 0 Å². The summed E-state index contributed by atoms with van der Waals surface area (Å²) in [5.41, 5.74) is 0.478. The van der Waals surface area contributed by atoms with Crippen LogP contribution < -0.4 is 5.56 Å². The summed E-state index contributed by atoms with van der Waals surface area (Å²) in [6.07, 6.45) is 1.92. The lowest BCUT2D eigenvalue weighted by Crippen LogP contribution is -2.20. The number of pyridine rings is 1. The van der Waals surface area contributed by atoms with Gasteiger partial charge in [-0.3, -0.25) is 14.8 Å². The van der Waals surface area contributed by atoms with E-state index in [0.29, 0.717) is 13.0 Å². The van der Waals surface area contributed by atoms with Crippen molar-refractivity contribution in [3.8, 4) is 11.4 Å². The van der Waals surface area contributed by atoms with E-state index in [-0.39, 0.29) is 11.4 Å². The maximum Gasteiger partial charge on any atom is 0.471 e. The maximum atomic E-state index is 12.4. The monoisotopic (exact) mass is 337 g/mol. The van der Waals surface area contributed by atoms with Crippen LogP contribution in [0, 0.1) is 0 Å². The highest BCUT2D eigenvalue weighted by Crippen LogP contribution is 2.28. The second kappa shape index (κ2) is 6.22. The zero-order chi connectivity index (χ0) is 17.2. The topological polar surface area (TPSA) is 86.7 Å². The first-order chi connectivity index (χ1) is 11.4. The van der Waals surface area contributed by atoms with Gasteiger partial charge in [0.05, 0.1) is 5.69 Å². The Morgan fingerprint density at radius 2 is 2.08 bits per heavy atom. The molecule has 124 valence electrons. The molecule has 0 N–H and O–H groups in total. The molecule has 0 amide bonds. The van der Waals surface area contributed by atoms with Crippen molar-refractivity contribution in [2.24, 2.45) is 0 Å². The molecule has 3 aromatic rings. The minimum Gasteiger partial charge on any atom is -0.329 e. The van der Waals surface area contributed by atoms with Crippen molar-refractivity contribution in [2.75, 3.05) is 0 Å². The highest BCUT2D eigenvalue weighted by atomic mass is 19.4. The van der Waals surface area contributed by atoms with Gasteiger partial charge in [-0.2, -0.15) is 18.2 Å². The van der Waals surface area contributed by atoms with Crippen molar-refractivity contribution in [1.82, 2.24) is 24.7 Å². The molecule has 0 saturated heterocycles. The average Bonchev–Trinajstić information content (AvgIpc) is 3.05. The van der Waals surface area contributed by atoms with Gasteiger partial charge < -0.3 is 9.09 Å². The molecule has 0 spiro atoms. The van der Waals surface area contributed by atoms with Crippen LogP contribution in [0.2, 0.25) is 0 Å². The van der Waals surface area contributed by atoms with Gasteiger partial charge in [0.25, 0.3) is 5.56 Å². The summed E-state index contributed by atoms with van der Waals surface area (Å²) in [7, 11) is 0. The molecule has 0 saturated carbocycles. The van der Waals surface area contributed by atoms with Gasteiger partial charge in [-0.15, -0.1) is 0 Å². The fourth-order valence-corrected chi connectivity index (χ4v) is 1.98. The molecule has 7 nitrogen and oxygen atoms in total. The lowest BCUT2D eigenvalue weighted by Gasteiger charge is -2.05. The molecular formula is C14H10F3N5O2. The Labute approximate surface area is 132 Å². The number of aryl methyl sites for hydroxylation is 2. The van der Waals surface area contributed by atoms with E-state index < -0.39 is 17.6 Å². The first-order valence-electron chi connectivity index (χ1n) is 6.80. The first-order valence-corrected chi connectivity index (χ1v) is 6.80. The highest BCUT2D eigenvalue weighted by molar-refractivity contribution is 5.52. The van der Waals surface area contributed by atoms with Gasteiger partial charge in [0.15, 0.2) is 0 Å². The second-order valence-electron chi connectivity index (χ2n) is 4.81. The van der Waals surface area contributed by atoms with Crippen molar-refractivity contribution >= 4 is 0 Å². The Morgan fingerprint density at radius 3 is 2.71 bits per heavy atom. The second-order valence-corrected chi connectivity index (χ2v) is 4.81. The predicted octanol–water partition coefficient (Wildman–Crippen LogP) is 1.95. The van der Waals surface area contributed by atoms with Crippen LogP contribution in [-0.2, 0) is 19.1 Å². The Balaban J connectivity index is 1.77. The van der Waals surface area contributed by atoms with E-state index in [0.717, 1.165) is 11.8 Å². The van der Waals surface area contributed by atoms with E-state index in [1.807, 2.05) is 0 Å². The lowest BCUT2D eigenvalue weighted by atomic mass is 10.2. The minimum absolute atomic E-state index is 0.148. The standard InChI is InChI=1S/C14H10F3N5O2/c15-14(16,17)13-20-12(21-24-13)9-1-5-22(11(23)7-9)6-2-10-8-18-3-4-19-10/h1,3-5,7-8H,2,6H2. The van der Waals surface area contributed by atoms with Crippen LogP contribution in [0.3, 0.4) is 0 Å². The maximum absolute atomic E-state index is 12.4. The molecule has 3 rings (SSSR count). The minimum atomic E-state index is -4.73. The van der Waals surface area contributed by atoms with Crippen molar-refractivity contribution in [1.29, 1.82) is 0 Å². The van der Waals surface area contributed by atoms with E-state index in [2.05, 4.69) is 24.6 Å². The fourth-order valence-electron chi connectivity index (χ4n) is 1.98. The zero-order valence-electron chi connectivity index (χ0n) is 12.1. The number of aromatic nitrogens is 5. The van der Waals surface area contributed by atoms with E-state index in [1.54, 1.807) is 18.6 Å². The van der Waals surface area contributed by atoms with Gasteiger partial charge in [0.1, 0.15) is 0 Å². The summed E-state index contributed by atoms with van der Waals surface area (Å²) in [5, 5.41) is 3.24. The van der Waals surface area contributed by atoms with Gasteiger partial charge in [0, 0.05) is 49.4 Å². The van der Waals surface area contributed by atoms with E-state index in [1.165, 1.54) is 16.8 Å². The average molecular weight is 337 g/mol. The Hall–Kier alpha value is -3.04. The molecule has 0 aliphatic carbocycles. The fraction of sp³-hybridized carbons (Fsp3) is 0.214. The van der Waals surface area contributed by atoms with Crippen molar-refractivity contribution in [2.45, 2.75) is 19.1 Å². The lowest BCUT2D eigenvalue weighted by molar-refractivity contribution is -0.159. The molecule has 3 aromatic heterocycles. The van der Waals surface area contributed by atoms with Crippen LogP contribution in [-0.4, -0.2) is 24.7 Å². The summed E-state index contributed by atoms with van der Waals surface area (Å²) >= 11 is 0. The third-order valence-corrected chi connectivity index (χ3v) is 3.15. The van der Waals surface area contributed by atoms with Crippen molar-refractivity contribution in [3.63, 3.8) is 0 Å². The molecule has 3 heterocycles. The van der Waals surface area contributed by atoms with Crippen LogP contribution in [0.25, 0.3) is 11.4 Å². The van der Waals surface area contributed by atoms with Gasteiger partial charge in [-0.1, -0.05) is 5.16 Å². The van der Waals surface area contributed by atoms with Crippen LogP contribution in [0.5, 0.6) is 0 Å². The third kappa shape index (κ3) is 3.47. The van der Waals surface area contributed by atoms with Crippen LogP contribution in [0.1, 0.15) is 11.6 Å². The Kier molecular flexibility index (Phi) is 4.11. The molecular weight excluding hydrogens is 327 g/mol. The predicted molar refractivity (Wildman–Crippen MR) is 74.7 cm³/mol. The molecule has 0 unspecified atom stereocenters. The summed E-state index contributed by atoms with van der Waals surface area (Å²) in [4.78, 5) is 23.3. The molecule has 0 aliphatic heterocycles. The number of nitrogens with zero attached hydrogens (tertiary/aromatic N) is 5. The van der Waals surface area contributed by atoms with E-state index >= 15 is 0 Å². The molecule has 0 radical (unpaired) electrons. The summed E-state index contributed by atoms with van der Waals surface area (Å²) in [5.74, 6) is -1.75. The van der Waals surface area contributed by atoms with Crippen LogP contribution in [0.15, 0.2) is 46.2 Å². The molecule has 24 heavy (non-hydrogen) atoms. The Morgan fingerprint density at radius 1 is 1.25 bits per heavy atom. The van der Waals surface area contributed by atoms with Gasteiger partial charge in [0.2, 0.25) is 5.82 Å². The molecule has 0 aliphatic rings. The third-order valence-electron chi connectivity index (χ3n) is 3.15. The van der Waals surface area contributed by atoms with Crippen LogP contribution >= 0.6 is 0 Å². The quantitative estimate of drug-likeness (QED) is 0.723. The number of rotatable bonds is 4. The summed E-state index contributed by atoms with van der Waals surface area (Å²) < 4.78 is 42.9. The largest absolute Gasteiger partial charge is 0.471 e. The molecule has 0 atom stereocenters. The SMILES string of the molecule is O=c1cc(-c2noc(C(F)(F)F)n2)ccn1CCc1cnccn1. The number of halogens is 3. The van der Waals surface area contributed by atoms with Gasteiger partial charge in [-0.25, -0.2) is 0 Å². The number of hydrogen-bond acceptors (Lipinski definition) is 6. The first kappa shape index (κ1) is 15.8. The smallest absolute Gasteiger partial charge is 0.329 e. The Bertz CT molecular complexity index is 889. The molecule has 0 fully saturated rings. The molecule has 0 bridgehead atoms. The summed E-state index contributed by atoms with van der Waals surface area (Å²) in [6.45, 7) is 0.359. The van der Waals surface area contributed by atoms with Crippen LogP contribution in [0.4, 0.5) is 13.2 Å². The normalized spacial score (nSPS) is 11.6. The van der Waals surface area contributed by atoms with E-state index in [9.17, 15) is 18.0 Å². The number of hydrogen-bond donors (Lipinski definition) is 0. The van der Waals surface area contributed by atoms with Crippen molar-refractivity contribution < 1.29 is 17.7 Å². The highest BCUT2D eigenvalue weighted by Gasteiger charge is 2.38. The van der Waals surface area contributed by atoms with Gasteiger partial charge in [-0.05, 0) is 6.07 Å². The van der Waals surface area contributed by atoms with Crippen molar-refractivity contribution in [3.05, 3.63) is 58.9 Å². The zero-order valence-corrected chi connectivity index (χ0v) is 12.1. The van der Waals surface area contributed by atoms with Gasteiger partial charge >= 0.3 is 12.1 Å². The molecule has 0 aromatic carbocycles.